The lowest BCUT2D eigenvalue weighted by Gasteiger charge is -2.46. The maximum absolute atomic E-state index is 11.0. The quantitative estimate of drug-likeness (QED) is 0.921. The fourth-order valence-corrected chi connectivity index (χ4v) is 2.90. The Morgan fingerprint density at radius 1 is 1.48 bits per heavy atom. The first-order valence-electron chi connectivity index (χ1n) is 13.5. The Labute approximate surface area is 156 Å². The Hall–Kier alpha value is -1.26. The van der Waals surface area contributed by atoms with Crippen LogP contribution in [0.1, 0.15) is 60.3 Å². The fourth-order valence-electron chi connectivity index (χ4n) is 2.90. The minimum atomic E-state index is -3.13. The van der Waals surface area contributed by atoms with Gasteiger partial charge in [0.25, 0.3) is 0 Å². The first-order chi connectivity index (χ1) is 15.7. The van der Waals surface area contributed by atoms with Crippen LogP contribution >= 0.6 is 0 Å². The van der Waals surface area contributed by atoms with Gasteiger partial charge in [0.2, 0.25) is 0 Å². The van der Waals surface area contributed by atoms with Crippen LogP contribution in [0, 0.1) is 11.8 Å². The molecule has 4 heteroatoms. The topological polar surface area (TPSA) is 41.9 Å². The highest BCUT2D eigenvalue weighted by molar-refractivity contribution is 5.49. The molecule has 1 saturated heterocycles. The molecule has 1 fully saturated rings. The van der Waals surface area contributed by atoms with E-state index in [-0.39, 0.29) is 17.9 Å². The van der Waals surface area contributed by atoms with Crippen molar-refractivity contribution < 1.29 is 31.0 Å². The largest absolute Gasteiger partial charge is 0.493 e. The summed E-state index contributed by atoms with van der Waals surface area (Å²) in [6.07, 6.45) is -5.35. The number of aliphatic hydroxyl groups is 1. The summed E-state index contributed by atoms with van der Waals surface area (Å²) in [6.45, 7) is -2.63. The average molecular weight is 332 g/mol. The van der Waals surface area contributed by atoms with E-state index >= 15 is 0 Å². The van der Waals surface area contributed by atoms with Gasteiger partial charge >= 0.3 is 0 Å². The molecule has 2 heterocycles. The summed E-state index contributed by atoms with van der Waals surface area (Å²) in [5.41, 5.74) is -1.00. The van der Waals surface area contributed by atoms with Crippen molar-refractivity contribution in [1.29, 1.82) is 0 Å². The van der Waals surface area contributed by atoms with Gasteiger partial charge in [-0.2, -0.15) is 0 Å². The number of rotatable bonds is 4. The lowest BCUT2D eigenvalue weighted by Crippen LogP contribution is -2.48. The Balaban J connectivity index is 2.42. The number of piperidine rings is 1. The molecule has 0 aromatic heterocycles. The van der Waals surface area contributed by atoms with Crippen molar-refractivity contribution in [1.82, 2.24) is 4.90 Å². The zero-order chi connectivity index (χ0) is 27.1. The molecule has 1 aromatic rings. The summed E-state index contributed by atoms with van der Waals surface area (Å²) >= 11 is 0. The van der Waals surface area contributed by atoms with Crippen LogP contribution in [0.5, 0.6) is 11.5 Å². The number of hydrogen-bond acceptors (Lipinski definition) is 4. The highest BCUT2D eigenvalue weighted by Gasteiger charge is 2.38. The highest BCUT2D eigenvalue weighted by Crippen LogP contribution is 2.43. The monoisotopic (exact) mass is 331 g/mol. The van der Waals surface area contributed by atoms with Gasteiger partial charge in [0.1, 0.15) is 0 Å². The molecule has 0 bridgehead atoms. The lowest BCUT2D eigenvalue weighted by molar-refractivity contribution is -0.0191. The van der Waals surface area contributed by atoms with Crippen molar-refractivity contribution in [2.75, 3.05) is 27.1 Å². The first-order valence-corrected chi connectivity index (χ1v) is 7.54. The van der Waals surface area contributed by atoms with Gasteiger partial charge in [0.05, 0.1) is 27.1 Å². The molecule has 0 aliphatic carbocycles. The number of nitrogens with zero attached hydrogens (tertiary/aromatic N) is 1. The Kier molecular flexibility index (Phi) is 2.13. The third kappa shape index (κ3) is 3.20. The van der Waals surface area contributed by atoms with E-state index in [2.05, 4.69) is 0 Å². The molecule has 2 aliphatic rings. The number of hydrogen-bond donors (Lipinski definition) is 1. The molecule has 0 spiro atoms. The third-order valence-electron chi connectivity index (χ3n) is 3.96. The van der Waals surface area contributed by atoms with Crippen LogP contribution in [0.3, 0.4) is 0 Å². The summed E-state index contributed by atoms with van der Waals surface area (Å²) < 4.78 is 110. The van der Waals surface area contributed by atoms with E-state index in [1.807, 2.05) is 0 Å². The zero-order valence-corrected chi connectivity index (χ0v) is 13.4. The second kappa shape index (κ2) is 6.70. The number of ether oxygens (including phenoxy) is 2. The highest BCUT2D eigenvalue weighted by atomic mass is 16.5. The van der Waals surface area contributed by atoms with E-state index < -0.39 is 80.0 Å². The summed E-state index contributed by atoms with van der Waals surface area (Å²) in [4.78, 5) is 0.521. The Morgan fingerprint density at radius 2 is 2.26 bits per heavy atom. The maximum Gasteiger partial charge on any atom is 0.161 e. The van der Waals surface area contributed by atoms with E-state index in [1.165, 1.54) is 0 Å². The molecule has 1 aromatic carbocycles. The van der Waals surface area contributed by atoms with Gasteiger partial charge in [0.15, 0.2) is 11.5 Å². The summed E-state index contributed by atoms with van der Waals surface area (Å²) in [5.74, 6) is -3.78. The van der Waals surface area contributed by atoms with Crippen LogP contribution < -0.4 is 9.47 Å². The van der Waals surface area contributed by atoms with Crippen LogP contribution in [0.4, 0.5) is 0 Å². The lowest BCUT2D eigenvalue weighted by atomic mass is 9.79. The van der Waals surface area contributed by atoms with Crippen molar-refractivity contribution in [2.24, 2.45) is 11.8 Å². The minimum absolute atomic E-state index is 0.163. The van der Waals surface area contributed by atoms with Crippen LogP contribution in [-0.4, -0.2) is 43.3 Å². The van der Waals surface area contributed by atoms with Gasteiger partial charge in [-0.05, 0) is 54.2 Å². The number of aliphatic hydroxyl groups excluding tert-OH is 1. The average Bonchev–Trinajstić information content (AvgIpc) is 2.65. The van der Waals surface area contributed by atoms with Crippen LogP contribution in [0.25, 0.3) is 0 Å². The molecule has 3 atom stereocenters. The van der Waals surface area contributed by atoms with Gasteiger partial charge in [-0.25, -0.2) is 0 Å². The number of benzene rings is 1. The molecule has 2 aliphatic heterocycles. The molecule has 23 heavy (non-hydrogen) atoms. The normalized spacial score (nSPS) is 45.4. The molecule has 128 valence electrons. The fraction of sp³-hybridized carbons (Fsp3) is 0.684. The molecule has 3 rings (SSSR count). The zero-order valence-electron chi connectivity index (χ0n) is 25.4. The molecule has 1 N–H and O–H groups in total. The standard InChI is InChI=1S/C19H29NO3/c1-12(2)7-14-11-20-6-5-13-8-18(22-3)19(23-4)9-15(13)16(20)10-17(14)21/h8-9,12,14,16-17,21H,5-7,10-11H2,1-4H3/i4D3,5D2,6D2,8D,9D,11D2,14D. The van der Waals surface area contributed by atoms with Crippen molar-refractivity contribution in [3.8, 4) is 11.5 Å². The number of methoxy groups -OCH3 is 2. The maximum atomic E-state index is 11.0. The molecule has 0 radical (unpaired) electrons. The van der Waals surface area contributed by atoms with Crippen molar-refractivity contribution in [3.63, 3.8) is 0 Å². The van der Waals surface area contributed by atoms with Crippen molar-refractivity contribution >= 4 is 0 Å². The smallest absolute Gasteiger partial charge is 0.161 e. The Morgan fingerprint density at radius 3 is 2.96 bits per heavy atom. The predicted octanol–water partition coefficient (Wildman–Crippen LogP) is 3.03. The molecule has 4 nitrogen and oxygen atoms in total. The molecule has 0 saturated carbocycles. The Bertz CT molecular complexity index is 1010. The summed E-state index contributed by atoms with van der Waals surface area (Å²) in [6, 6.07) is -2.96. The molecular formula is C19H29NO3. The minimum Gasteiger partial charge on any atom is -0.493 e. The van der Waals surface area contributed by atoms with Crippen LogP contribution in [0.15, 0.2) is 12.1 Å². The van der Waals surface area contributed by atoms with Crippen molar-refractivity contribution in [3.05, 3.63) is 23.2 Å². The van der Waals surface area contributed by atoms with Gasteiger partial charge < -0.3 is 14.6 Å². The molecule has 0 amide bonds. The molecular weight excluding hydrogens is 290 g/mol. The van der Waals surface area contributed by atoms with Crippen LogP contribution in [0.2, 0.25) is 0 Å². The second-order valence-corrected chi connectivity index (χ2v) is 6.11. The molecule has 3 unspecified atom stereocenters. The van der Waals surface area contributed by atoms with Gasteiger partial charge in [-0.1, -0.05) is 13.8 Å². The van der Waals surface area contributed by atoms with E-state index in [0.29, 0.717) is 4.90 Å². The van der Waals surface area contributed by atoms with E-state index in [0.717, 1.165) is 7.11 Å². The SMILES string of the molecule is [2H]c1c(OC([2H])([2H])[2H])c(OC)c([2H])c2c1C1CC(O)C([2H])(CC(C)C)C([2H])([2H])N1C([2H])([2H])C2([2H])[2H]. The van der Waals surface area contributed by atoms with E-state index in [9.17, 15) is 5.11 Å². The van der Waals surface area contributed by atoms with E-state index in [4.69, 9.17) is 25.9 Å². The van der Waals surface area contributed by atoms with Crippen molar-refractivity contribution in [2.45, 2.75) is 45.2 Å². The van der Waals surface area contributed by atoms with Crippen LogP contribution in [-0.2, 0) is 6.37 Å². The van der Waals surface area contributed by atoms with Gasteiger partial charge in [-0.3, -0.25) is 4.90 Å². The van der Waals surface area contributed by atoms with E-state index in [1.54, 1.807) is 13.8 Å². The summed E-state index contributed by atoms with van der Waals surface area (Å²) in [5, 5.41) is 11.0. The third-order valence-corrected chi connectivity index (χ3v) is 3.96. The van der Waals surface area contributed by atoms with Gasteiger partial charge in [0, 0.05) is 28.6 Å². The first kappa shape index (κ1) is 7.32. The summed E-state index contributed by atoms with van der Waals surface area (Å²) in [7, 11) is -2.01. The van der Waals surface area contributed by atoms with Gasteiger partial charge in [-0.15, -0.1) is 0 Å². The second-order valence-electron chi connectivity index (χ2n) is 6.11. The number of fused-ring (bicyclic) bond motifs is 3. The predicted molar refractivity (Wildman–Crippen MR) is 91.1 cm³/mol.